The predicted octanol–water partition coefficient (Wildman–Crippen LogP) is 2.47. The molecule has 19 heavy (non-hydrogen) atoms. The highest BCUT2D eigenvalue weighted by molar-refractivity contribution is 5.77. The third kappa shape index (κ3) is 8.08. The summed E-state index contributed by atoms with van der Waals surface area (Å²) < 4.78 is 35.5. The molecule has 0 saturated heterocycles. The molecular weight excluding hydrogens is 257 g/mol. The van der Waals surface area contributed by atoms with E-state index in [4.69, 9.17) is 0 Å². The molecule has 112 valence electrons. The minimum atomic E-state index is -4.34. The Bertz CT molecular complexity index is 282. The second-order valence-electron chi connectivity index (χ2n) is 5.50. The molecule has 2 atom stereocenters. The minimum Gasteiger partial charge on any atom is -0.346 e. The van der Waals surface area contributed by atoms with E-state index in [1.165, 1.54) is 25.7 Å². The van der Waals surface area contributed by atoms with Crippen LogP contribution in [0.1, 0.15) is 39.0 Å². The van der Waals surface area contributed by atoms with Crippen molar-refractivity contribution in [3.05, 3.63) is 0 Å². The lowest BCUT2D eigenvalue weighted by Crippen LogP contribution is -2.39. The van der Waals surface area contributed by atoms with Gasteiger partial charge in [-0.3, -0.25) is 4.79 Å². The molecule has 3 nitrogen and oxygen atoms in total. The van der Waals surface area contributed by atoms with E-state index in [1.54, 1.807) is 0 Å². The van der Waals surface area contributed by atoms with Gasteiger partial charge in [0.25, 0.3) is 0 Å². The maximum atomic E-state index is 11.8. The summed E-state index contributed by atoms with van der Waals surface area (Å²) >= 11 is 0. The summed E-state index contributed by atoms with van der Waals surface area (Å²) in [6.07, 6.45) is 1.67. The van der Waals surface area contributed by atoms with Gasteiger partial charge in [0.15, 0.2) is 0 Å². The zero-order chi connectivity index (χ0) is 14.3. The number of halogens is 3. The number of hydrogen-bond donors (Lipinski definition) is 2. The fourth-order valence-corrected chi connectivity index (χ4v) is 2.59. The minimum absolute atomic E-state index is 0.0433. The molecule has 0 aromatic heterocycles. The third-order valence-corrected chi connectivity index (χ3v) is 3.55. The van der Waals surface area contributed by atoms with Gasteiger partial charge in [-0.1, -0.05) is 26.2 Å². The fourth-order valence-electron chi connectivity index (χ4n) is 2.59. The summed E-state index contributed by atoms with van der Waals surface area (Å²) in [5.74, 6) is 0.859. The van der Waals surface area contributed by atoms with E-state index >= 15 is 0 Å². The molecule has 1 fully saturated rings. The molecule has 0 radical (unpaired) electrons. The van der Waals surface area contributed by atoms with Gasteiger partial charge in [-0.25, -0.2) is 0 Å². The van der Waals surface area contributed by atoms with Crippen LogP contribution in [-0.4, -0.2) is 31.7 Å². The molecular formula is C13H23F3N2O. The van der Waals surface area contributed by atoms with E-state index in [0.29, 0.717) is 12.5 Å². The summed E-state index contributed by atoms with van der Waals surface area (Å²) in [5, 5.41) is 4.75. The lowest BCUT2D eigenvalue weighted by atomic mass is 9.81. The van der Waals surface area contributed by atoms with Crippen molar-refractivity contribution in [3.8, 4) is 0 Å². The van der Waals surface area contributed by atoms with Crippen LogP contribution in [0.2, 0.25) is 0 Å². The monoisotopic (exact) mass is 280 g/mol. The molecule has 2 unspecified atom stereocenters. The molecule has 2 N–H and O–H groups in total. The predicted molar refractivity (Wildman–Crippen MR) is 67.7 cm³/mol. The molecule has 0 aromatic carbocycles. The van der Waals surface area contributed by atoms with Gasteiger partial charge in [-0.2, -0.15) is 13.2 Å². The third-order valence-electron chi connectivity index (χ3n) is 3.55. The highest BCUT2D eigenvalue weighted by atomic mass is 19.4. The van der Waals surface area contributed by atoms with Crippen LogP contribution >= 0.6 is 0 Å². The molecule has 0 aromatic rings. The number of amides is 1. The van der Waals surface area contributed by atoms with Crippen molar-refractivity contribution in [2.75, 3.05) is 19.6 Å². The van der Waals surface area contributed by atoms with Crippen molar-refractivity contribution >= 4 is 5.91 Å². The summed E-state index contributed by atoms with van der Waals surface area (Å²) in [7, 11) is 0. The summed E-state index contributed by atoms with van der Waals surface area (Å²) in [4.78, 5) is 11.1. The smallest absolute Gasteiger partial charge is 0.346 e. The quantitative estimate of drug-likeness (QED) is 0.734. The summed E-state index contributed by atoms with van der Waals surface area (Å²) in [6.45, 7) is 1.65. The molecule has 1 aliphatic carbocycles. The maximum Gasteiger partial charge on any atom is 0.405 e. The van der Waals surface area contributed by atoms with Crippen LogP contribution in [0.3, 0.4) is 0 Å². The van der Waals surface area contributed by atoms with E-state index in [-0.39, 0.29) is 6.54 Å². The van der Waals surface area contributed by atoms with E-state index in [9.17, 15) is 18.0 Å². The normalized spacial score (nSPS) is 24.2. The molecule has 1 amide bonds. The van der Waals surface area contributed by atoms with Gasteiger partial charge < -0.3 is 10.6 Å². The zero-order valence-corrected chi connectivity index (χ0v) is 11.4. The van der Waals surface area contributed by atoms with Crippen LogP contribution in [0, 0.1) is 11.8 Å². The number of hydrogen-bond acceptors (Lipinski definition) is 2. The van der Waals surface area contributed by atoms with Crippen molar-refractivity contribution in [3.63, 3.8) is 0 Å². The van der Waals surface area contributed by atoms with Crippen LogP contribution in [0.15, 0.2) is 0 Å². The summed E-state index contributed by atoms with van der Waals surface area (Å²) in [5.41, 5.74) is 0. The second-order valence-corrected chi connectivity index (χ2v) is 5.50. The van der Waals surface area contributed by atoms with E-state index in [0.717, 1.165) is 12.3 Å². The van der Waals surface area contributed by atoms with E-state index in [1.807, 2.05) is 5.32 Å². The van der Waals surface area contributed by atoms with Gasteiger partial charge in [0.1, 0.15) is 6.54 Å². The van der Waals surface area contributed by atoms with Crippen LogP contribution < -0.4 is 10.6 Å². The lowest BCUT2D eigenvalue weighted by molar-refractivity contribution is -0.137. The number of nitrogens with one attached hydrogen (secondary N) is 2. The largest absolute Gasteiger partial charge is 0.405 e. The Morgan fingerprint density at radius 2 is 2.05 bits per heavy atom. The van der Waals surface area contributed by atoms with E-state index in [2.05, 4.69) is 12.2 Å². The standard InChI is InChI=1S/C13H23F3N2O/c1-10-3-2-4-11(7-10)5-6-17-8-12(19)18-9-13(14,15)16/h10-11,17H,2-9H2,1H3,(H,18,19). The first-order valence-corrected chi connectivity index (χ1v) is 6.91. The van der Waals surface area contributed by atoms with Gasteiger partial charge in [-0.15, -0.1) is 0 Å². The molecule has 1 rings (SSSR count). The SMILES string of the molecule is CC1CCCC(CCNCC(=O)NCC(F)(F)F)C1. The summed E-state index contributed by atoms with van der Waals surface area (Å²) in [6, 6.07) is 0. The van der Waals surface area contributed by atoms with Gasteiger partial charge in [0.2, 0.25) is 5.91 Å². The van der Waals surface area contributed by atoms with Crippen molar-refractivity contribution in [1.82, 2.24) is 10.6 Å². The fraction of sp³-hybridized carbons (Fsp3) is 0.923. The number of rotatable bonds is 6. The van der Waals surface area contributed by atoms with Gasteiger partial charge in [0, 0.05) is 0 Å². The average molecular weight is 280 g/mol. The highest BCUT2D eigenvalue weighted by Gasteiger charge is 2.27. The Morgan fingerprint density at radius 3 is 2.68 bits per heavy atom. The van der Waals surface area contributed by atoms with Crippen LogP contribution in [-0.2, 0) is 4.79 Å². The highest BCUT2D eigenvalue weighted by Crippen LogP contribution is 2.30. The number of carbonyl (C=O) groups excluding carboxylic acids is 1. The van der Waals surface area contributed by atoms with Crippen molar-refractivity contribution < 1.29 is 18.0 Å². The van der Waals surface area contributed by atoms with Crippen molar-refractivity contribution in [2.45, 2.75) is 45.2 Å². The molecule has 6 heteroatoms. The number of alkyl halides is 3. The van der Waals surface area contributed by atoms with Crippen molar-refractivity contribution in [2.24, 2.45) is 11.8 Å². The van der Waals surface area contributed by atoms with E-state index < -0.39 is 18.6 Å². The average Bonchev–Trinajstić information content (AvgIpc) is 2.31. The molecule has 0 bridgehead atoms. The van der Waals surface area contributed by atoms with Gasteiger partial charge in [0.05, 0.1) is 6.54 Å². The maximum absolute atomic E-state index is 11.8. The second kappa shape index (κ2) is 7.72. The molecule has 1 aliphatic rings. The first-order chi connectivity index (χ1) is 8.87. The Morgan fingerprint density at radius 1 is 1.32 bits per heavy atom. The molecule has 0 aliphatic heterocycles. The molecule has 1 saturated carbocycles. The van der Waals surface area contributed by atoms with Gasteiger partial charge in [-0.05, 0) is 31.2 Å². The Kier molecular flexibility index (Phi) is 6.62. The Labute approximate surface area is 112 Å². The van der Waals surface area contributed by atoms with Crippen LogP contribution in [0.5, 0.6) is 0 Å². The van der Waals surface area contributed by atoms with Crippen LogP contribution in [0.4, 0.5) is 13.2 Å². The topological polar surface area (TPSA) is 41.1 Å². The Balaban J connectivity index is 2.02. The molecule has 0 spiro atoms. The first-order valence-electron chi connectivity index (χ1n) is 6.91. The zero-order valence-electron chi connectivity index (χ0n) is 11.4. The lowest BCUT2D eigenvalue weighted by Gasteiger charge is -2.26. The van der Waals surface area contributed by atoms with Crippen molar-refractivity contribution in [1.29, 1.82) is 0 Å². The van der Waals surface area contributed by atoms with Gasteiger partial charge >= 0.3 is 6.18 Å². The molecule has 0 heterocycles. The number of carbonyl (C=O) groups is 1. The van der Waals surface area contributed by atoms with Crippen LogP contribution in [0.25, 0.3) is 0 Å². The first kappa shape index (κ1) is 16.3. The Hall–Kier alpha value is -0.780.